The fourth-order valence-electron chi connectivity index (χ4n) is 2.01. The highest BCUT2D eigenvalue weighted by molar-refractivity contribution is 7.13. The number of aliphatic hydroxyl groups is 1. The average Bonchev–Trinajstić information content (AvgIpc) is 2.32. The van der Waals surface area contributed by atoms with Crippen LogP contribution in [0, 0.1) is 11.6 Å². The van der Waals surface area contributed by atoms with Crippen molar-refractivity contribution in [1.29, 1.82) is 0 Å². The highest BCUT2D eigenvalue weighted by Gasteiger charge is 2.32. The van der Waals surface area contributed by atoms with E-state index in [1.165, 1.54) is 0 Å². The number of nitrogens with one attached hydrogen (secondary N) is 1. The Morgan fingerprint density at radius 1 is 1.41 bits per heavy atom. The maximum Gasteiger partial charge on any atom is 0.129 e. The van der Waals surface area contributed by atoms with Crippen LogP contribution < -0.4 is 5.09 Å². The zero-order valence-corrected chi connectivity index (χ0v) is 10.2. The molecule has 1 aliphatic heterocycles. The van der Waals surface area contributed by atoms with Gasteiger partial charge in [-0.15, -0.1) is 0 Å². The van der Waals surface area contributed by atoms with Gasteiger partial charge in [0, 0.05) is 11.6 Å². The molecule has 17 heavy (non-hydrogen) atoms. The van der Waals surface area contributed by atoms with Crippen molar-refractivity contribution >= 4 is 9.39 Å². The van der Waals surface area contributed by atoms with Crippen molar-refractivity contribution in [3.8, 4) is 0 Å². The minimum absolute atomic E-state index is 0.128. The molecule has 6 heteroatoms. The number of aliphatic hydroxyl groups excluding tert-OH is 1. The molecule has 1 saturated heterocycles. The normalized spacial score (nSPS) is 29.3. The first-order chi connectivity index (χ1) is 8.11. The molecule has 2 N–H and O–H groups in total. The number of ether oxygens (including phenoxy) is 1. The molecular weight excluding hydrogens is 247 g/mol. The monoisotopic (exact) mass is 261 g/mol. The molecule has 1 aliphatic rings. The molecular formula is C11H14F2NO2P. The first kappa shape index (κ1) is 12.8. The van der Waals surface area contributed by atoms with E-state index in [0.29, 0.717) is 6.42 Å². The molecule has 3 nitrogen and oxygen atoms in total. The third-order valence-electron chi connectivity index (χ3n) is 2.84. The molecule has 4 unspecified atom stereocenters. The Balaban J connectivity index is 2.28. The fourth-order valence-corrected chi connectivity index (χ4v) is 2.32. The van der Waals surface area contributed by atoms with Crippen LogP contribution in [0.5, 0.6) is 0 Å². The summed E-state index contributed by atoms with van der Waals surface area (Å²) in [6, 6.07) is 3.02. The smallest absolute Gasteiger partial charge is 0.129 e. The summed E-state index contributed by atoms with van der Waals surface area (Å²) in [4.78, 5) is 0. The number of benzene rings is 1. The molecule has 0 bridgehead atoms. The van der Waals surface area contributed by atoms with Crippen LogP contribution in [0.1, 0.15) is 18.1 Å². The van der Waals surface area contributed by atoms with Crippen LogP contribution in [-0.4, -0.2) is 23.9 Å². The minimum Gasteiger partial charge on any atom is -0.391 e. The van der Waals surface area contributed by atoms with Crippen molar-refractivity contribution in [3.05, 3.63) is 35.4 Å². The fraction of sp³-hybridized carbons (Fsp3) is 0.455. The molecule has 0 spiro atoms. The van der Waals surface area contributed by atoms with Crippen molar-refractivity contribution in [3.63, 3.8) is 0 Å². The van der Waals surface area contributed by atoms with Crippen LogP contribution in [0.15, 0.2) is 18.2 Å². The van der Waals surface area contributed by atoms with Gasteiger partial charge < -0.3 is 9.84 Å². The van der Waals surface area contributed by atoms with Crippen molar-refractivity contribution in [1.82, 2.24) is 5.09 Å². The summed E-state index contributed by atoms with van der Waals surface area (Å²) in [5.41, 5.74) is 0.178. The van der Waals surface area contributed by atoms with E-state index < -0.39 is 23.8 Å². The molecule has 1 fully saturated rings. The summed E-state index contributed by atoms with van der Waals surface area (Å²) >= 11 is 0. The predicted octanol–water partition coefficient (Wildman–Crippen LogP) is 1.54. The summed E-state index contributed by atoms with van der Waals surface area (Å²) < 4.78 is 32.1. The molecule has 0 amide bonds. The van der Waals surface area contributed by atoms with Crippen LogP contribution >= 0.6 is 9.39 Å². The van der Waals surface area contributed by atoms with Gasteiger partial charge >= 0.3 is 0 Å². The largest absolute Gasteiger partial charge is 0.391 e. The lowest BCUT2D eigenvalue weighted by Crippen LogP contribution is -2.41. The summed E-state index contributed by atoms with van der Waals surface area (Å²) in [7, 11) is 2.31. The third kappa shape index (κ3) is 2.80. The summed E-state index contributed by atoms with van der Waals surface area (Å²) in [6.45, 7) is 0.128. The maximum atomic E-state index is 13.6. The number of hydrogen-bond donors (Lipinski definition) is 2. The summed E-state index contributed by atoms with van der Waals surface area (Å²) in [5.74, 6) is -1.00. The van der Waals surface area contributed by atoms with Gasteiger partial charge in [-0.05, 0) is 24.6 Å². The molecule has 1 aromatic carbocycles. The Bertz CT molecular complexity index is 405. The standard InChI is InChI=1S/C11H14F2NO2P/c12-6-1-2-9(13)8(3-6)11-10(14-17)4-7(15)5-16-11/h1-3,7,10-11,14-15H,4-5,17H2. The zero-order chi connectivity index (χ0) is 12.4. The van der Waals surface area contributed by atoms with Gasteiger partial charge in [-0.2, -0.15) is 0 Å². The SMILES string of the molecule is OC1COC(c2cc(F)ccc2F)C(NP)C1. The number of hydrogen-bond acceptors (Lipinski definition) is 3. The third-order valence-corrected chi connectivity index (χ3v) is 3.27. The van der Waals surface area contributed by atoms with Crippen molar-refractivity contribution in [2.75, 3.05) is 6.61 Å². The van der Waals surface area contributed by atoms with Crippen LogP contribution in [-0.2, 0) is 4.74 Å². The summed E-state index contributed by atoms with van der Waals surface area (Å²) in [6.07, 6.45) is -0.739. The molecule has 2 rings (SSSR count). The molecule has 1 aromatic rings. The second-order valence-electron chi connectivity index (χ2n) is 4.08. The van der Waals surface area contributed by atoms with E-state index in [4.69, 9.17) is 4.74 Å². The Morgan fingerprint density at radius 3 is 2.88 bits per heavy atom. The lowest BCUT2D eigenvalue weighted by atomic mass is 9.95. The molecule has 4 atom stereocenters. The highest BCUT2D eigenvalue weighted by atomic mass is 31.0. The van der Waals surface area contributed by atoms with E-state index in [2.05, 4.69) is 14.5 Å². The van der Waals surface area contributed by atoms with E-state index in [-0.39, 0.29) is 18.2 Å². The predicted molar refractivity (Wildman–Crippen MR) is 62.3 cm³/mol. The van der Waals surface area contributed by atoms with Gasteiger partial charge in [0.15, 0.2) is 0 Å². The maximum absolute atomic E-state index is 13.6. The average molecular weight is 261 g/mol. The van der Waals surface area contributed by atoms with Crippen LogP contribution in [0.25, 0.3) is 0 Å². The van der Waals surface area contributed by atoms with E-state index >= 15 is 0 Å². The second kappa shape index (κ2) is 5.36. The number of rotatable bonds is 2. The van der Waals surface area contributed by atoms with Crippen molar-refractivity contribution in [2.45, 2.75) is 24.7 Å². The molecule has 0 saturated carbocycles. The molecule has 94 valence electrons. The van der Waals surface area contributed by atoms with Crippen molar-refractivity contribution in [2.24, 2.45) is 0 Å². The topological polar surface area (TPSA) is 41.5 Å². The molecule has 0 aromatic heterocycles. The van der Waals surface area contributed by atoms with Gasteiger partial charge in [-0.25, -0.2) is 8.78 Å². The second-order valence-corrected chi connectivity index (χ2v) is 4.42. The summed E-state index contributed by atoms with van der Waals surface area (Å²) in [5, 5.41) is 12.3. The lowest BCUT2D eigenvalue weighted by molar-refractivity contribution is -0.0726. The molecule has 1 heterocycles. The van der Waals surface area contributed by atoms with E-state index in [1.807, 2.05) is 0 Å². The first-order valence-corrected chi connectivity index (χ1v) is 5.90. The Hall–Kier alpha value is -0.610. The Morgan fingerprint density at radius 2 is 2.18 bits per heavy atom. The van der Waals surface area contributed by atoms with Crippen LogP contribution in [0.4, 0.5) is 8.78 Å². The highest BCUT2D eigenvalue weighted by Crippen LogP contribution is 2.31. The first-order valence-electron chi connectivity index (χ1n) is 5.32. The van der Waals surface area contributed by atoms with E-state index in [9.17, 15) is 13.9 Å². The van der Waals surface area contributed by atoms with Gasteiger partial charge in [0.05, 0.1) is 12.7 Å². The quantitative estimate of drug-likeness (QED) is 0.793. The van der Waals surface area contributed by atoms with Crippen LogP contribution in [0.2, 0.25) is 0 Å². The van der Waals surface area contributed by atoms with E-state index in [0.717, 1.165) is 18.2 Å². The van der Waals surface area contributed by atoms with Gasteiger partial charge in [-0.1, -0.05) is 9.39 Å². The zero-order valence-electron chi connectivity index (χ0n) is 9.07. The molecule has 0 aliphatic carbocycles. The van der Waals surface area contributed by atoms with Gasteiger partial charge in [0.25, 0.3) is 0 Å². The molecule has 0 radical (unpaired) electrons. The Kier molecular flexibility index (Phi) is 4.05. The van der Waals surface area contributed by atoms with Crippen molar-refractivity contribution < 1.29 is 18.6 Å². The van der Waals surface area contributed by atoms with Gasteiger partial charge in [0.2, 0.25) is 0 Å². The Labute approximate surface area is 100 Å². The van der Waals surface area contributed by atoms with E-state index in [1.54, 1.807) is 0 Å². The number of halogens is 2. The van der Waals surface area contributed by atoms with Crippen LogP contribution in [0.3, 0.4) is 0 Å². The minimum atomic E-state index is -0.591. The van der Waals surface area contributed by atoms with Gasteiger partial charge in [0.1, 0.15) is 17.7 Å². The van der Waals surface area contributed by atoms with Gasteiger partial charge in [-0.3, -0.25) is 5.09 Å². The lowest BCUT2D eigenvalue weighted by Gasteiger charge is -2.34.